The number of ether oxygens (including phenoxy) is 1. The summed E-state index contributed by atoms with van der Waals surface area (Å²) in [6.45, 7) is -0.656. The number of nitrogens with zero attached hydrogens (tertiary/aromatic N) is 1. The summed E-state index contributed by atoms with van der Waals surface area (Å²) in [5.41, 5.74) is 7.91. The van der Waals surface area contributed by atoms with Gasteiger partial charge >= 0.3 is 12.5 Å². The van der Waals surface area contributed by atoms with E-state index in [4.69, 9.17) is 11.5 Å². The molecule has 0 fully saturated rings. The van der Waals surface area contributed by atoms with Crippen LogP contribution in [0.2, 0.25) is 0 Å². The van der Waals surface area contributed by atoms with Crippen LogP contribution in [0.5, 0.6) is 5.75 Å². The highest BCUT2D eigenvalue weighted by molar-refractivity contribution is 5.50. The first kappa shape index (κ1) is 14.4. The van der Waals surface area contributed by atoms with Gasteiger partial charge in [0, 0.05) is 12.1 Å². The van der Waals surface area contributed by atoms with Crippen LogP contribution >= 0.6 is 0 Å². The molecule has 4 nitrogen and oxygen atoms in total. The summed E-state index contributed by atoms with van der Waals surface area (Å²) in [6, 6.07) is 0.471. The highest BCUT2D eigenvalue weighted by atomic mass is 19.4. The number of halogens is 6. The number of pyridine rings is 1. The monoisotopic (exact) mass is 275 g/mol. The third-order valence-corrected chi connectivity index (χ3v) is 1.81. The molecule has 1 rings (SSSR count). The minimum absolute atomic E-state index is 0.471. The van der Waals surface area contributed by atoms with Crippen molar-refractivity contribution in [2.75, 3.05) is 5.73 Å². The summed E-state index contributed by atoms with van der Waals surface area (Å²) in [7, 11) is 0. The predicted molar refractivity (Wildman–Crippen MR) is 48.2 cm³/mol. The number of anilines is 1. The van der Waals surface area contributed by atoms with Gasteiger partial charge in [-0.2, -0.15) is 13.2 Å². The van der Waals surface area contributed by atoms with Crippen LogP contribution in [-0.2, 0) is 12.7 Å². The van der Waals surface area contributed by atoms with Gasteiger partial charge in [-0.25, -0.2) is 4.98 Å². The third-order valence-electron chi connectivity index (χ3n) is 1.81. The van der Waals surface area contributed by atoms with E-state index in [2.05, 4.69) is 9.72 Å². The molecule has 0 saturated carbocycles. The molecule has 0 aromatic carbocycles. The van der Waals surface area contributed by atoms with Crippen LogP contribution in [0.4, 0.5) is 32.2 Å². The van der Waals surface area contributed by atoms with Crippen molar-refractivity contribution in [1.82, 2.24) is 4.98 Å². The summed E-state index contributed by atoms with van der Waals surface area (Å²) >= 11 is 0. The Bertz CT molecular complexity index is 442. The maximum atomic E-state index is 12.4. The maximum absolute atomic E-state index is 12.4. The van der Waals surface area contributed by atoms with Crippen LogP contribution in [0.3, 0.4) is 0 Å². The van der Waals surface area contributed by atoms with Crippen LogP contribution in [0.25, 0.3) is 0 Å². The molecule has 1 aromatic rings. The Hall–Kier alpha value is -1.71. The Kier molecular flexibility index (Phi) is 3.60. The van der Waals surface area contributed by atoms with E-state index in [9.17, 15) is 26.3 Å². The highest BCUT2D eigenvalue weighted by Gasteiger charge is 2.38. The molecule has 0 atom stereocenters. The average molecular weight is 275 g/mol. The molecule has 0 saturated heterocycles. The van der Waals surface area contributed by atoms with Crippen LogP contribution in [0.1, 0.15) is 11.3 Å². The van der Waals surface area contributed by atoms with E-state index in [-0.39, 0.29) is 0 Å². The fourth-order valence-corrected chi connectivity index (χ4v) is 1.16. The largest absolute Gasteiger partial charge is 0.573 e. The Morgan fingerprint density at radius 1 is 1.17 bits per heavy atom. The van der Waals surface area contributed by atoms with Gasteiger partial charge in [-0.3, -0.25) is 0 Å². The lowest BCUT2D eigenvalue weighted by Crippen LogP contribution is -2.21. The summed E-state index contributed by atoms with van der Waals surface area (Å²) in [5.74, 6) is -2.03. The van der Waals surface area contributed by atoms with E-state index in [1.165, 1.54) is 0 Å². The second-order valence-corrected chi connectivity index (χ2v) is 3.13. The standard InChI is InChI=1S/C8H7F6N3O/c9-7(10,11)5-3(2-15)1-4(6(16)17-5)18-8(12,13)14/h1H,2,15H2,(H2,16,17). The first-order valence-electron chi connectivity index (χ1n) is 4.37. The zero-order chi connectivity index (χ0) is 14.1. The van der Waals surface area contributed by atoms with Crippen molar-refractivity contribution in [2.24, 2.45) is 5.73 Å². The number of aromatic nitrogens is 1. The summed E-state index contributed by atoms with van der Waals surface area (Å²) in [4.78, 5) is 2.85. The molecular formula is C8H7F6N3O. The molecule has 0 aliphatic rings. The molecular weight excluding hydrogens is 268 g/mol. The quantitative estimate of drug-likeness (QED) is 0.810. The van der Waals surface area contributed by atoms with E-state index in [0.29, 0.717) is 6.07 Å². The van der Waals surface area contributed by atoms with Gasteiger partial charge in [-0.1, -0.05) is 0 Å². The van der Waals surface area contributed by atoms with Crippen LogP contribution in [-0.4, -0.2) is 11.3 Å². The summed E-state index contributed by atoms with van der Waals surface area (Å²) < 4.78 is 76.6. The van der Waals surface area contributed by atoms with Gasteiger partial charge in [0.2, 0.25) is 0 Å². The lowest BCUT2D eigenvalue weighted by atomic mass is 10.1. The van der Waals surface area contributed by atoms with Crippen molar-refractivity contribution in [1.29, 1.82) is 0 Å². The second-order valence-electron chi connectivity index (χ2n) is 3.13. The van der Waals surface area contributed by atoms with E-state index in [1.807, 2.05) is 0 Å². The van der Waals surface area contributed by atoms with Crippen LogP contribution in [0, 0.1) is 0 Å². The van der Waals surface area contributed by atoms with E-state index >= 15 is 0 Å². The third kappa shape index (κ3) is 3.39. The molecule has 102 valence electrons. The molecule has 18 heavy (non-hydrogen) atoms. The normalized spacial score (nSPS) is 12.6. The fourth-order valence-electron chi connectivity index (χ4n) is 1.16. The first-order chi connectivity index (χ1) is 8.04. The minimum Gasteiger partial charge on any atom is -0.402 e. The molecule has 0 unspecified atom stereocenters. The molecule has 0 aliphatic carbocycles. The topological polar surface area (TPSA) is 74.2 Å². The average Bonchev–Trinajstić information content (AvgIpc) is 2.17. The molecule has 0 amide bonds. The number of rotatable bonds is 2. The number of alkyl halides is 6. The van der Waals surface area contributed by atoms with Crippen molar-refractivity contribution in [3.63, 3.8) is 0 Å². The van der Waals surface area contributed by atoms with Crippen molar-refractivity contribution in [3.05, 3.63) is 17.3 Å². The van der Waals surface area contributed by atoms with Gasteiger partial charge in [0.15, 0.2) is 17.3 Å². The number of nitrogens with two attached hydrogens (primary N) is 2. The van der Waals surface area contributed by atoms with Gasteiger partial charge in [0.1, 0.15) is 0 Å². The van der Waals surface area contributed by atoms with Crippen LogP contribution < -0.4 is 16.2 Å². The van der Waals surface area contributed by atoms with Crippen molar-refractivity contribution < 1.29 is 31.1 Å². The molecule has 0 radical (unpaired) electrons. The Labute approximate surface area is 96.5 Å². The van der Waals surface area contributed by atoms with Gasteiger partial charge < -0.3 is 16.2 Å². The molecule has 10 heteroatoms. The lowest BCUT2D eigenvalue weighted by Gasteiger charge is -2.15. The number of hydrogen-bond donors (Lipinski definition) is 2. The lowest BCUT2D eigenvalue weighted by molar-refractivity contribution is -0.274. The minimum atomic E-state index is -5.08. The van der Waals surface area contributed by atoms with Gasteiger partial charge in [-0.05, 0) is 6.07 Å². The molecule has 0 aliphatic heterocycles. The van der Waals surface area contributed by atoms with Crippen molar-refractivity contribution in [3.8, 4) is 5.75 Å². The summed E-state index contributed by atoms with van der Waals surface area (Å²) in [6.07, 6.45) is -9.94. The van der Waals surface area contributed by atoms with E-state index in [0.717, 1.165) is 0 Å². The molecule has 0 bridgehead atoms. The smallest absolute Gasteiger partial charge is 0.402 e. The van der Waals surface area contributed by atoms with Crippen LogP contribution in [0.15, 0.2) is 6.07 Å². The van der Waals surface area contributed by atoms with Crippen molar-refractivity contribution in [2.45, 2.75) is 19.1 Å². The van der Waals surface area contributed by atoms with Crippen molar-refractivity contribution >= 4 is 5.82 Å². The van der Waals surface area contributed by atoms with Gasteiger partial charge in [0.25, 0.3) is 0 Å². The van der Waals surface area contributed by atoms with Gasteiger partial charge in [-0.15, -0.1) is 13.2 Å². The molecule has 1 heterocycles. The Balaban J connectivity index is 3.27. The van der Waals surface area contributed by atoms with Gasteiger partial charge in [0.05, 0.1) is 0 Å². The Morgan fingerprint density at radius 2 is 1.72 bits per heavy atom. The SMILES string of the molecule is NCc1cc(OC(F)(F)F)c(N)nc1C(F)(F)F. The number of nitrogen functional groups attached to an aromatic ring is 1. The predicted octanol–water partition coefficient (Wildman–Crippen LogP) is 2.04. The fraction of sp³-hybridized carbons (Fsp3) is 0.375. The van der Waals surface area contributed by atoms with E-state index in [1.54, 1.807) is 0 Å². The zero-order valence-electron chi connectivity index (χ0n) is 8.56. The summed E-state index contributed by atoms with van der Waals surface area (Å²) in [5, 5.41) is 0. The maximum Gasteiger partial charge on any atom is 0.573 e. The number of hydrogen-bond acceptors (Lipinski definition) is 4. The van der Waals surface area contributed by atoms with E-state index < -0.39 is 41.9 Å². The second kappa shape index (κ2) is 4.52. The molecule has 1 aromatic heterocycles. The highest BCUT2D eigenvalue weighted by Crippen LogP contribution is 2.35. The zero-order valence-corrected chi connectivity index (χ0v) is 8.56. The first-order valence-corrected chi connectivity index (χ1v) is 4.37. The molecule has 0 spiro atoms. The Morgan fingerprint density at radius 3 is 2.11 bits per heavy atom. The molecule has 4 N–H and O–H groups in total.